The normalized spacial score (nSPS) is 12.9. The van der Waals surface area contributed by atoms with Crippen LogP contribution in [0.5, 0.6) is 0 Å². The first-order valence-corrected chi connectivity index (χ1v) is 7.31. The average molecular weight is 344 g/mol. The lowest BCUT2D eigenvalue weighted by molar-refractivity contribution is 0.164. The van der Waals surface area contributed by atoms with Crippen molar-refractivity contribution in [3.63, 3.8) is 0 Å². The number of aromatic nitrogens is 2. The fourth-order valence-corrected chi connectivity index (χ4v) is 2.81. The van der Waals surface area contributed by atoms with Crippen molar-refractivity contribution in [3.05, 3.63) is 51.2 Å². The van der Waals surface area contributed by atoms with Gasteiger partial charge in [-0.2, -0.15) is 5.10 Å². The van der Waals surface area contributed by atoms with Gasteiger partial charge in [0, 0.05) is 17.5 Å². The van der Waals surface area contributed by atoms with Gasteiger partial charge in [-0.05, 0) is 47.5 Å². The van der Waals surface area contributed by atoms with E-state index in [4.69, 9.17) is 11.6 Å². The molecule has 1 aromatic heterocycles. The zero-order chi connectivity index (χ0) is 14.0. The number of halogens is 2. The Labute approximate surface area is 126 Å². The maximum atomic E-state index is 10.4. The molecular formula is C14H16BrClN2O. The quantitative estimate of drug-likeness (QED) is 0.905. The van der Waals surface area contributed by atoms with Gasteiger partial charge in [-0.1, -0.05) is 23.7 Å². The Morgan fingerprint density at radius 1 is 1.42 bits per heavy atom. The standard InChI is InChI=1S/C14H16BrClN2O/c1-9(2)18-14(12(15)8-17-18)13(19)7-10-4-3-5-11(16)6-10/h3-6,8-9,13,19H,7H2,1-2H3. The first-order chi connectivity index (χ1) is 8.99. The predicted molar refractivity (Wildman–Crippen MR) is 80.4 cm³/mol. The summed E-state index contributed by atoms with van der Waals surface area (Å²) < 4.78 is 2.66. The predicted octanol–water partition coefficient (Wildman–Crippen LogP) is 4.16. The summed E-state index contributed by atoms with van der Waals surface area (Å²) in [4.78, 5) is 0. The third-order valence-corrected chi connectivity index (χ3v) is 3.76. The molecule has 0 aliphatic heterocycles. The molecule has 1 aromatic carbocycles. The van der Waals surface area contributed by atoms with E-state index in [0.29, 0.717) is 11.4 Å². The van der Waals surface area contributed by atoms with Crippen molar-refractivity contribution in [1.82, 2.24) is 9.78 Å². The second kappa shape index (κ2) is 6.07. The van der Waals surface area contributed by atoms with Crippen LogP contribution in [0.4, 0.5) is 0 Å². The van der Waals surface area contributed by atoms with Crippen LogP contribution in [0.2, 0.25) is 5.02 Å². The number of benzene rings is 1. The zero-order valence-electron chi connectivity index (χ0n) is 10.8. The summed E-state index contributed by atoms with van der Waals surface area (Å²) in [7, 11) is 0. The molecule has 0 saturated heterocycles. The summed E-state index contributed by atoms with van der Waals surface area (Å²) in [5, 5.41) is 15.4. The van der Waals surface area contributed by atoms with E-state index < -0.39 is 6.10 Å². The first kappa shape index (κ1) is 14.6. The van der Waals surface area contributed by atoms with Gasteiger partial charge >= 0.3 is 0 Å². The topological polar surface area (TPSA) is 38.0 Å². The summed E-state index contributed by atoms with van der Waals surface area (Å²) in [6.07, 6.45) is 1.62. The molecule has 0 aliphatic carbocycles. The Balaban J connectivity index is 2.25. The monoisotopic (exact) mass is 342 g/mol. The molecular weight excluding hydrogens is 328 g/mol. The van der Waals surface area contributed by atoms with E-state index in [0.717, 1.165) is 15.7 Å². The van der Waals surface area contributed by atoms with Gasteiger partial charge in [0.1, 0.15) is 6.10 Å². The number of aliphatic hydroxyl groups is 1. The second-order valence-electron chi connectivity index (χ2n) is 4.77. The lowest BCUT2D eigenvalue weighted by Crippen LogP contribution is -2.13. The van der Waals surface area contributed by atoms with Crippen LogP contribution in [-0.4, -0.2) is 14.9 Å². The average Bonchev–Trinajstić information content (AvgIpc) is 2.71. The third kappa shape index (κ3) is 3.38. The Morgan fingerprint density at radius 2 is 2.16 bits per heavy atom. The molecule has 102 valence electrons. The number of nitrogens with zero attached hydrogens (tertiary/aromatic N) is 2. The maximum Gasteiger partial charge on any atom is 0.101 e. The van der Waals surface area contributed by atoms with Crippen molar-refractivity contribution >= 4 is 27.5 Å². The minimum Gasteiger partial charge on any atom is -0.386 e. The Kier molecular flexibility index (Phi) is 4.66. The lowest BCUT2D eigenvalue weighted by atomic mass is 10.1. The first-order valence-electron chi connectivity index (χ1n) is 6.14. The van der Waals surface area contributed by atoms with Crippen LogP contribution in [0.3, 0.4) is 0 Å². The second-order valence-corrected chi connectivity index (χ2v) is 6.06. The minimum absolute atomic E-state index is 0.204. The molecule has 2 rings (SSSR count). The Hall–Kier alpha value is -0.840. The highest BCUT2D eigenvalue weighted by Crippen LogP contribution is 2.28. The highest BCUT2D eigenvalue weighted by atomic mass is 79.9. The van der Waals surface area contributed by atoms with Gasteiger partial charge in [0.25, 0.3) is 0 Å². The van der Waals surface area contributed by atoms with E-state index in [9.17, 15) is 5.11 Å². The molecule has 1 heterocycles. The van der Waals surface area contributed by atoms with Crippen LogP contribution in [0.25, 0.3) is 0 Å². The molecule has 0 spiro atoms. The fourth-order valence-electron chi connectivity index (χ4n) is 2.06. The van der Waals surface area contributed by atoms with E-state index >= 15 is 0 Å². The van der Waals surface area contributed by atoms with Crippen molar-refractivity contribution in [2.24, 2.45) is 0 Å². The van der Waals surface area contributed by atoms with Crippen LogP contribution in [0.15, 0.2) is 34.9 Å². The van der Waals surface area contributed by atoms with Crippen molar-refractivity contribution in [2.45, 2.75) is 32.4 Å². The smallest absolute Gasteiger partial charge is 0.101 e. The molecule has 19 heavy (non-hydrogen) atoms. The Bertz CT molecular complexity index is 568. The van der Waals surface area contributed by atoms with Crippen molar-refractivity contribution in [1.29, 1.82) is 0 Å². The highest BCUT2D eigenvalue weighted by molar-refractivity contribution is 9.10. The van der Waals surface area contributed by atoms with Gasteiger partial charge in [0.2, 0.25) is 0 Å². The summed E-state index contributed by atoms with van der Waals surface area (Å²) in [5.74, 6) is 0. The molecule has 1 N–H and O–H groups in total. The SMILES string of the molecule is CC(C)n1ncc(Br)c1C(O)Cc1cccc(Cl)c1. The molecule has 0 radical (unpaired) electrons. The van der Waals surface area contributed by atoms with E-state index in [1.807, 2.05) is 42.8 Å². The van der Waals surface area contributed by atoms with E-state index in [1.54, 1.807) is 6.20 Å². The maximum absolute atomic E-state index is 10.4. The van der Waals surface area contributed by atoms with Crippen LogP contribution in [0, 0.1) is 0 Å². The van der Waals surface area contributed by atoms with Gasteiger partial charge in [-0.25, -0.2) is 0 Å². The van der Waals surface area contributed by atoms with Gasteiger partial charge in [0.05, 0.1) is 16.4 Å². The van der Waals surface area contributed by atoms with Crippen LogP contribution in [0.1, 0.15) is 37.3 Å². The zero-order valence-corrected chi connectivity index (χ0v) is 13.2. The van der Waals surface area contributed by atoms with Gasteiger partial charge in [0.15, 0.2) is 0 Å². The van der Waals surface area contributed by atoms with Crippen molar-refractivity contribution < 1.29 is 5.11 Å². The molecule has 2 aromatic rings. The summed E-state index contributed by atoms with van der Waals surface area (Å²) in [6, 6.07) is 7.74. The molecule has 0 amide bonds. The van der Waals surface area contributed by atoms with E-state index in [2.05, 4.69) is 21.0 Å². The molecule has 0 saturated carbocycles. The van der Waals surface area contributed by atoms with Gasteiger partial charge in [-0.15, -0.1) is 0 Å². The summed E-state index contributed by atoms with van der Waals surface area (Å²) in [6.45, 7) is 4.07. The van der Waals surface area contributed by atoms with E-state index in [-0.39, 0.29) is 6.04 Å². The molecule has 3 nitrogen and oxygen atoms in total. The van der Waals surface area contributed by atoms with Crippen LogP contribution in [-0.2, 0) is 6.42 Å². The van der Waals surface area contributed by atoms with E-state index in [1.165, 1.54) is 0 Å². The number of hydrogen-bond acceptors (Lipinski definition) is 2. The molecule has 1 unspecified atom stereocenters. The Morgan fingerprint density at radius 3 is 2.79 bits per heavy atom. The number of rotatable bonds is 4. The highest BCUT2D eigenvalue weighted by Gasteiger charge is 2.19. The summed E-state index contributed by atoms with van der Waals surface area (Å²) in [5.41, 5.74) is 1.80. The minimum atomic E-state index is -0.613. The lowest BCUT2D eigenvalue weighted by Gasteiger charge is -2.16. The fraction of sp³-hybridized carbons (Fsp3) is 0.357. The number of aliphatic hydroxyl groups excluding tert-OH is 1. The van der Waals surface area contributed by atoms with Crippen LogP contribution >= 0.6 is 27.5 Å². The molecule has 0 bridgehead atoms. The third-order valence-electron chi connectivity index (χ3n) is 2.91. The van der Waals surface area contributed by atoms with Crippen LogP contribution < -0.4 is 0 Å². The number of hydrogen-bond donors (Lipinski definition) is 1. The van der Waals surface area contributed by atoms with Gasteiger partial charge < -0.3 is 5.11 Å². The molecule has 0 aliphatic rings. The van der Waals surface area contributed by atoms with Gasteiger partial charge in [-0.3, -0.25) is 4.68 Å². The molecule has 5 heteroatoms. The molecule has 0 fully saturated rings. The largest absolute Gasteiger partial charge is 0.386 e. The molecule has 1 atom stereocenters. The van der Waals surface area contributed by atoms with Crippen molar-refractivity contribution in [3.8, 4) is 0 Å². The summed E-state index contributed by atoms with van der Waals surface area (Å²) >= 11 is 9.40. The van der Waals surface area contributed by atoms with Crippen molar-refractivity contribution in [2.75, 3.05) is 0 Å².